The largest absolute Gasteiger partial charge is 0.353 e. The molecule has 19 heavy (non-hydrogen) atoms. The van der Waals surface area contributed by atoms with Gasteiger partial charge >= 0.3 is 0 Å². The third kappa shape index (κ3) is 4.93. The van der Waals surface area contributed by atoms with E-state index in [1.807, 2.05) is 0 Å². The van der Waals surface area contributed by atoms with Crippen molar-refractivity contribution in [2.45, 2.75) is 51.6 Å². The number of hydrogen-bond acceptors (Lipinski definition) is 3. The molecule has 2 heterocycles. The predicted molar refractivity (Wildman–Crippen MR) is 80.7 cm³/mol. The van der Waals surface area contributed by atoms with Crippen LogP contribution < -0.4 is 10.6 Å². The number of piperidine rings is 1. The Morgan fingerprint density at radius 2 is 2.05 bits per heavy atom. The second-order valence-electron chi connectivity index (χ2n) is 5.96. The van der Waals surface area contributed by atoms with Gasteiger partial charge in [0.05, 0.1) is 6.04 Å². The summed E-state index contributed by atoms with van der Waals surface area (Å²) in [5, 5.41) is 6.33. The molecule has 2 aliphatic heterocycles. The molecule has 0 radical (unpaired) electrons. The van der Waals surface area contributed by atoms with Crippen molar-refractivity contribution in [2.24, 2.45) is 5.92 Å². The van der Waals surface area contributed by atoms with Crippen molar-refractivity contribution in [3.63, 3.8) is 0 Å². The lowest BCUT2D eigenvalue weighted by Crippen LogP contribution is -2.48. The van der Waals surface area contributed by atoms with E-state index in [0.717, 1.165) is 31.8 Å². The van der Waals surface area contributed by atoms with Gasteiger partial charge in [-0.15, -0.1) is 12.4 Å². The molecule has 1 amide bonds. The lowest BCUT2D eigenvalue weighted by Gasteiger charge is -2.35. The number of carbonyl (C=O) groups is 1. The van der Waals surface area contributed by atoms with Crippen molar-refractivity contribution >= 4 is 18.3 Å². The monoisotopic (exact) mass is 289 g/mol. The van der Waals surface area contributed by atoms with E-state index in [1.165, 1.54) is 25.9 Å². The van der Waals surface area contributed by atoms with Crippen molar-refractivity contribution in [1.29, 1.82) is 0 Å². The standard InChI is InChI=1S/C14H27N3O.ClH/c1-11-5-8-17(9-6-11)12(2)10-16-14(18)13-4-3-7-15-13;/h11-13,15H,3-10H2,1-2H3,(H,16,18);1H/t12?,13-;/m0./s1. The zero-order valence-corrected chi connectivity index (χ0v) is 13.0. The highest BCUT2D eigenvalue weighted by Crippen LogP contribution is 2.17. The summed E-state index contributed by atoms with van der Waals surface area (Å²) in [5.41, 5.74) is 0. The zero-order valence-electron chi connectivity index (χ0n) is 12.2. The van der Waals surface area contributed by atoms with Crippen LogP contribution in [0.2, 0.25) is 0 Å². The Bertz CT molecular complexity index is 274. The third-order valence-electron chi connectivity index (χ3n) is 4.39. The molecule has 0 aliphatic carbocycles. The molecular formula is C14H28ClN3O. The maximum absolute atomic E-state index is 11.9. The van der Waals surface area contributed by atoms with Gasteiger partial charge < -0.3 is 10.6 Å². The number of rotatable bonds is 4. The molecule has 2 aliphatic rings. The molecule has 2 atom stereocenters. The Labute approximate surface area is 123 Å². The van der Waals surface area contributed by atoms with Crippen LogP contribution in [0.5, 0.6) is 0 Å². The van der Waals surface area contributed by atoms with Gasteiger partial charge in [0, 0.05) is 12.6 Å². The summed E-state index contributed by atoms with van der Waals surface area (Å²) in [6, 6.07) is 0.515. The summed E-state index contributed by atoms with van der Waals surface area (Å²) < 4.78 is 0. The highest BCUT2D eigenvalue weighted by Gasteiger charge is 2.24. The van der Waals surface area contributed by atoms with Gasteiger partial charge in [-0.2, -0.15) is 0 Å². The number of nitrogens with one attached hydrogen (secondary N) is 2. The number of hydrogen-bond donors (Lipinski definition) is 2. The van der Waals surface area contributed by atoms with Crippen LogP contribution in [0.25, 0.3) is 0 Å². The smallest absolute Gasteiger partial charge is 0.237 e. The van der Waals surface area contributed by atoms with E-state index in [-0.39, 0.29) is 24.4 Å². The lowest BCUT2D eigenvalue weighted by atomic mass is 9.98. The van der Waals surface area contributed by atoms with Gasteiger partial charge in [0.25, 0.3) is 0 Å². The van der Waals surface area contributed by atoms with Gasteiger partial charge in [0.1, 0.15) is 0 Å². The first-order valence-corrected chi connectivity index (χ1v) is 7.42. The van der Waals surface area contributed by atoms with Crippen molar-refractivity contribution in [2.75, 3.05) is 26.2 Å². The molecule has 0 aromatic carbocycles. The molecule has 2 fully saturated rings. The molecule has 2 rings (SSSR count). The fourth-order valence-electron chi connectivity index (χ4n) is 2.88. The summed E-state index contributed by atoms with van der Waals surface area (Å²) >= 11 is 0. The molecule has 5 heteroatoms. The minimum Gasteiger partial charge on any atom is -0.353 e. The Hall–Kier alpha value is -0.320. The molecule has 0 spiro atoms. The zero-order chi connectivity index (χ0) is 13.0. The van der Waals surface area contributed by atoms with Gasteiger partial charge in [0.2, 0.25) is 5.91 Å². The highest BCUT2D eigenvalue weighted by atomic mass is 35.5. The summed E-state index contributed by atoms with van der Waals surface area (Å²) in [4.78, 5) is 14.4. The molecule has 0 bridgehead atoms. The highest BCUT2D eigenvalue weighted by molar-refractivity contribution is 5.85. The maximum Gasteiger partial charge on any atom is 0.237 e. The minimum atomic E-state index is 0. The van der Waals surface area contributed by atoms with Crippen molar-refractivity contribution in [1.82, 2.24) is 15.5 Å². The van der Waals surface area contributed by atoms with Crippen LogP contribution in [0.3, 0.4) is 0 Å². The SMILES string of the molecule is CC1CCN(C(C)CNC(=O)[C@@H]2CCCN2)CC1.Cl. The van der Waals surface area contributed by atoms with Crippen LogP contribution in [0.1, 0.15) is 39.5 Å². The molecular weight excluding hydrogens is 262 g/mol. The first kappa shape index (κ1) is 16.7. The molecule has 2 saturated heterocycles. The van der Waals surface area contributed by atoms with Gasteiger partial charge in [-0.1, -0.05) is 6.92 Å². The van der Waals surface area contributed by atoms with Crippen molar-refractivity contribution in [3.05, 3.63) is 0 Å². The average Bonchev–Trinajstić information content (AvgIpc) is 2.90. The third-order valence-corrected chi connectivity index (χ3v) is 4.39. The summed E-state index contributed by atoms with van der Waals surface area (Å²) in [5.74, 6) is 1.05. The molecule has 0 aromatic heterocycles. The normalized spacial score (nSPS) is 26.7. The fraction of sp³-hybridized carbons (Fsp3) is 0.929. The van der Waals surface area contributed by atoms with Gasteiger partial charge in [-0.3, -0.25) is 9.69 Å². The number of carbonyl (C=O) groups excluding carboxylic acids is 1. The minimum absolute atomic E-state index is 0. The molecule has 112 valence electrons. The Kier molecular flexibility index (Phi) is 7.11. The van der Waals surface area contributed by atoms with Gasteiger partial charge in [0.15, 0.2) is 0 Å². The molecule has 0 saturated carbocycles. The summed E-state index contributed by atoms with van der Waals surface area (Å²) in [6.07, 6.45) is 4.70. The molecule has 1 unspecified atom stereocenters. The Morgan fingerprint density at radius 1 is 1.37 bits per heavy atom. The van der Waals surface area contributed by atoms with E-state index in [9.17, 15) is 4.79 Å². The number of halogens is 1. The quantitative estimate of drug-likeness (QED) is 0.822. The van der Waals surface area contributed by atoms with Crippen LogP contribution in [-0.4, -0.2) is 49.1 Å². The number of amides is 1. The van der Waals surface area contributed by atoms with E-state index in [0.29, 0.717) is 6.04 Å². The van der Waals surface area contributed by atoms with Crippen molar-refractivity contribution in [3.8, 4) is 0 Å². The van der Waals surface area contributed by atoms with Crippen LogP contribution in [0.15, 0.2) is 0 Å². The Balaban J connectivity index is 0.00000180. The first-order chi connectivity index (χ1) is 8.66. The van der Waals surface area contributed by atoms with Crippen molar-refractivity contribution < 1.29 is 4.79 Å². The topological polar surface area (TPSA) is 44.4 Å². The maximum atomic E-state index is 11.9. The summed E-state index contributed by atoms with van der Waals surface area (Å²) in [7, 11) is 0. The fourth-order valence-corrected chi connectivity index (χ4v) is 2.88. The van der Waals surface area contributed by atoms with E-state index < -0.39 is 0 Å². The van der Waals surface area contributed by atoms with E-state index in [1.54, 1.807) is 0 Å². The van der Waals surface area contributed by atoms with Crippen LogP contribution in [-0.2, 0) is 4.79 Å². The second-order valence-corrected chi connectivity index (χ2v) is 5.96. The molecule has 2 N–H and O–H groups in total. The Morgan fingerprint density at radius 3 is 2.63 bits per heavy atom. The summed E-state index contributed by atoms with van der Waals surface area (Å²) in [6.45, 7) is 8.68. The molecule has 4 nitrogen and oxygen atoms in total. The average molecular weight is 290 g/mol. The lowest BCUT2D eigenvalue weighted by molar-refractivity contribution is -0.123. The van der Waals surface area contributed by atoms with Crippen LogP contribution in [0.4, 0.5) is 0 Å². The predicted octanol–water partition coefficient (Wildman–Crippen LogP) is 1.40. The van der Waals surface area contributed by atoms with Crippen LogP contribution in [0, 0.1) is 5.92 Å². The number of nitrogens with zero attached hydrogens (tertiary/aromatic N) is 1. The second kappa shape index (κ2) is 8.08. The van der Waals surface area contributed by atoms with Gasteiger partial charge in [-0.25, -0.2) is 0 Å². The van der Waals surface area contributed by atoms with Gasteiger partial charge in [-0.05, 0) is 58.2 Å². The number of likely N-dealkylation sites (tertiary alicyclic amines) is 1. The van der Waals surface area contributed by atoms with E-state index >= 15 is 0 Å². The van der Waals surface area contributed by atoms with Crippen LogP contribution >= 0.6 is 12.4 Å². The first-order valence-electron chi connectivity index (χ1n) is 7.42. The van der Waals surface area contributed by atoms with E-state index in [4.69, 9.17) is 0 Å². The molecule has 0 aromatic rings. The van der Waals surface area contributed by atoms with E-state index in [2.05, 4.69) is 29.4 Å².